The molecule has 0 bridgehead atoms. The SMILES string of the molecule is Cc1cc(C)n(CCCNC(=O)c2ccc(C(=O)NCCCn3nc(C)cc3C)cc2)n1. The average molecular weight is 437 g/mol. The number of hydrogen-bond donors (Lipinski definition) is 2. The van der Waals surface area contributed by atoms with Gasteiger partial charge in [-0.05, 0) is 76.9 Å². The first kappa shape index (κ1) is 23.2. The predicted molar refractivity (Wildman–Crippen MR) is 124 cm³/mol. The largest absolute Gasteiger partial charge is 0.352 e. The fourth-order valence-electron chi connectivity index (χ4n) is 3.64. The molecule has 2 amide bonds. The lowest BCUT2D eigenvalue weighted by molar-refractivity contribution is 0.0940. The molecule has 2 heterocycles. The van der Waals surface area contributed by atoms with Gasteiger partial charge in [0.2, 0.25) is 0 Å². The molecule has 0 radical (unpaired) electrons. The van der Waals surface area contributed by atoms with Gasteiger partial charge in [-0.25, -0.2) is 0 Å². The summed E-state index contributed by atoms with van der Waals surface area (Å²) in [7, 11) is 0. The van der Waals surface area contributed by atoms with Crippen LogP contribution in [0.1, 0.15) is 56.3 Å². The highest BCUT2D eigenvalue weighted by atomic mass is 16.2. The van der Waals surface area contributed by atoms with Crippen molar-refractivity contribution >= 4 is 11.8 Å². The van der Waals surface area contributed by atoms with Crippen molar-refractivity contribution in [2.24, 2.45) is 0 Å². The van der Waals surface area contributed by atoms with Gasteiger partial charge in [0.15, 0.2) is 0 Å². The summed E-state index contributed by atoms with van der Waals surface area (Å²) < 4.78 is 3.90. The lowest BCUT2D eigenvalue weighted by atomic mass is 10.1. The molecule has 0 saturated carbocycles. The summed E-state index contributed by atoms with van der Waals surface area (Å²) in [6.07, 6.45) is 1.59. The third-order valence-electron chi connectivity index (χ3n) is 5.28. The summed E-state index contributed by atoms with van der Waals surface area (Å²) in [5.74, 6) is -0.287. The maximum Gasteiger partial charge on any atom is 0.251 e. The lowest BCUT2D eigenvalue weighted by Crippen LogP contribution is -2.27. The van der Waals surface area contributed by atoms with E-state index in [1.54, 1.807) is 24.3 Å². The fraction of sp³-hybridized carbons (Fsp3) is 0.417. The van der Waals surface area contributed by atoms with Crippen LogP contribution in [0.2, 0.25) is 0 Å². The Bertz CT molecular complexity index is 980. The van der Waals surface area contributed by atoms with Crippen molar-refractivity contribution in [2.45, 2.75) is 53.6 Å². The number of rotatable bonds is 10. The van der Waals surface area contributed by atoms with Gasteiger partial charge in [0.1, 0.15) is 0 Å². The second-order valence-corrected chi connectivity index (χ2v) is 8.10. The van der Waals surface area contributed by atoms with E-state index >= 15 is 0 Å². The first-order valence-electron chi connectivity index (χ1n) is 11.0. The molecule has 3 rings (SSSR count). The van der Waals surface area contributed by atoms with Gasteiger partial charge in [-0.15, -0.1) is 0 Å². The van der Waals surface area contributed by atoms with Gasteiger partial charge in [-0.2, -0.15) is 10.2 Å². The van der Waals surface area contributed by atoms with Gasteiger partial charge < -0.3 is 10.6 Å². The van der Waals surface area contributed by atoms with Gasteiger partial charge >= 0.3 is 0 Å². The second kappa shape index (κ2) is 10.7. The Labute approximate surface area is 189 Å². The zero-order chi connectivity index (χ0) is 23.1. The molecule has 0 aliphatic rings. The maximum atomic E-state index is 12.3. The average Bonchev–Trinajstić information content (AvgIpc) is 3.26. The number of carbonyl (C=O) groups excluding carboxylic acids is 2. The number of aromatic nitrogens is 4. The number of hydrogen-bond acceptors (Lipinski definition) is 4. The van der Waals surface area contributed by atoms with Crippen molar-refractivity contribution < 1.29 is 9.59 Å². The Morgan fingerprint density at radius 1 is 0.719 bits per heavy atom. The minimum absolute atomic E-state index is 0.143. The van der Waals surface area contributed by atoms with Crippen molar-refractivity contribution in [1.29, 1.82) is 0 Å². The van der Waals surface area contributed by atoms with Crippen LogP contribution < -0.4 is 10.6 Å². The number of carbonyl (C=O) groups is 2. The molecule has 2 aromatic heterocycles. The van der Waals surface area contributed by atoms with Crippen LogP contribution in [-0.2, 0) is 13.1 Å². The maximum absolute atomic E-state index is 12.3. The lowest BCUT2D eigenvalue weighted by Gasteiger charge is -2.09. The standard InChI is InChI=1S/C24H32N6O2/c1-17-15-19(3)29(27-17)13-5-11-25-23(31)21-7-9-22(10-8-21)24(32)26-12-6-14-30-20(4)16-18(2)28-30/h7-10,15-16H,5-6,11-14H2,1-4H3,(H,25,31)(H,26,32). The molecule has 0 aliphatic heterocycles. The molecule has 8 nitrogen and oxygen atoms in total. The molecule has 0 unspecified atom stereocenters. The summed E-state index contributed by atoms with van der Waals surface area (Å²) in [6.45, 7) is 10.6. The monoisotopic (exact) mass is 436 g/mol. The molecule has 3 aromatic rings. The zero-order valence-corrected chi connectivity index (χ0v) is 19.3. The van der Waals surface area contributed by atoms with Gasteiger partial charge in [0.25, 0.3) is 11.8 Å². The van der Waals surface area contributed by atoms with E-state index in [1.165, 1.54) is 0 Å². The molecule has 170 valence electrons. The zero-order valence-electron chi connectivity index (χ0n) is 19.3. The fourth-order valence-corrected chi connectivity index (χ4v) is 3.64. The molecule has 32 heavy (non-hydrogen) atoms. The highest BCUT2D eigenvalue weighted by molar-refractivity contribution is 5.97. The minimum atomic E-state index is -0.143. The Morgan fingerprint density at radius 3 is 1.41 bits per heavy atom. The van der Waals surface area contributed by atoms with E-state index in [1.807, 2.05) is 49.2 Å². The van der Waals surface area contributed by atoms with E-state index < -0.39 is 0 Å². The highest BCUT2D eigenvalue weighted by Crippen LogP contribution is 2.06. The van der Waals surface area contributed by atoms with Crippen LogP contribution >= 0.6 is 0 Å². The second-order valence-electron chi connectivity index (χ2n) is 8.10. The first-order chi connectivity index (χ1) is 15.3. The Kier molecular flexibility index (Phi) is 7.81. The number of nitrogens with zero attached hydrogens (tertiary/aromatic N) is 4. The van der Waals surface area contributed by atoms with Crippen LogP contribution in [0.25, 0.3) is 0 Å². The molecule has 0 fully saturated rings. The smallest absolute Gasteiger partial charge is 0.251 e. The van der Waals surface area contributed by atoms with E-state index in [9.17, 15) is 9.59 Å². The van der Waals surface area contributed by atoms with E-state index in [0.29, 0.717) is 24.2 Å². The van der Waals surface area contributed by atoms with E-state index in [4.69, 9.17) is 0 Å². The molecule has 0 atom stereocenters. The predicted octanol–water partition coefficient (Wildman–Crippen LogP) is 2.95. The molecular formula is C24H32N6O2. The summed E-state index contributed by atoms with van der Waals surface area (Å²) in [6, 6.07) is 10.8. The summed E-state index contributed by atoms with van der Waals surface area (Å²) in [4.78, 5) is 24.7. The van der Waals surface area contributed by atoms with E-state index in [0.717, 1.165) is 48.7 Å². The summed E-state index contributed by atoms with van der Waals surface area (Å²) in [5, 5.41) is 14.7. The van der Waals surface area contributed by atoms with Gasteiger partial charge in [-0.1, -0.05) is 0 Å². The molecule has 2 N–H and O–H groups in total. The Hall–Kier alpha value is -3.42. The first-order valence-corrected chi connectivity index (χ1v) is 11.0. The topological polar surface area (TPSA) is 93.8 Å². The van der Waals surface area contributed by atoms with Crippen LogP contribution in [0.15, 0.2) is 36.4 Å². The van der Waals surface area contributed by atoms with Crippen LogP contribution in [0.5, 0.6) is 0 Å². The molecule has 0 saturated heterocycles. The Morgan fingerprint density at radius 2 is 1.09 bits per heavy atom. The molecular weight excluding hydrogens is 404 g/mol. The van der Waals surface area contributed by atoms with Crippen molar-refractivity contribution in [1.82, 2.24) is 30.2 Å². The third-order valence-corrected chi connectivity index (χ3v) is 5.28. The number of benzene rings is 1. The van der Waals surface area contributed by atoms with Gasteiger partial charge in [0, 0.05) is 48.7 Å². The van der Waals surface area contributed by atoms with Crippen molar-refractivity contribution in [3.05, 3.63) is 70.3 Å². The quantitative estimate of drug-likeness (QED) is 0.478. The van der Waals surface area contributed by atoms with Crippen molar-refractivity contribution in [3.8, 4) is 0 Å². The third kappa shape index (κ3) is 6.29. The number of aryl methyl sites for hydroxylation is 6. The van der Waals surface area contributed by atoms with Crippen LogP contribution in [-0.4, -0.2) is 44.5 Å². The van der Waals surface area contributed by atoms with Gasteiger partial charge in [-0.3, -0.25) is 19.0 Å². The van der Waals surface area contributed by atoms with Crippen LogP contribution in [0, 0.1) is 27.7 Å². The van der Waals surface area contributed by atoms with Crippen molar-refractivity contribution in [3.63, 3.8) is 0 Å². The normalized spacial score (nSPS) is 10.9. The van der Waals surface area contributed by atoms with Gasteiger partial charge in [0.05, 0.1) is 11.4 Å². The van der Waals surface area contributed by atoms with Crippen LogP contribution in [0.3, 0.4) is 0 Å². The van der Waals surface area contributed by atoms with Crippen LogP contribution in [0.4, 0.5) is 0 Å². The van der Waals surface area contributed by atoms with E-state index in [-0.39, 0.29) is 11.8 Å². The van der Waals surface area contributed by atoms with E-state index in [2.05, 4.69) is 20.8 Å². The highest BCUT2D eigenvalue weighted by Gasteiger charge is 2.09. The number of nitrogens with one attached hydrogen (secondary N) is 2. The summed E-state index contributed by atoms with van der Waals surface area (Å²) >= 11 is 0. The molecule has 0 spiro atoms. The number of amides is 2. The molecule has 8 heteroatoms. The molecule has 0 aliphatic carbocycles. The van der Waals surface area contributed by atoms with Crippen molar-refractivity contribution in [2.75, 3.05) is 13.1 Å². The Balaban J connectivity index is 1.38. The summed E-state index contributed by atoms with van der Waals surface area (Å²) in [5.41, 5.74) is 5.32. The minimum Gasteiger partial charge on any atom is -0.352 e. The molecule has 1 aromatic carbocycles.